The highest BCUT2D eigenvalue weighted by Crippen LogP contribution is 2.40. The monoisotopic (exact) mass is 336 g/mol. The number of nitrogens with one attached hydrogen (secondary N) is 1. The second-order valence-electron chi connectivity index (χ2n) is 5.72. The summed E-state index contributed by atoms with van der Waals surface area (Å²) in [5, 5.41) is 4.56. The number of halogens is 1. The molecule has 4 nitrogen and oxygen atoms in total. The molecule has 0 spiro atoms. The number of alkyl halides is 1. The average Bonchev–Trinajstić information content (AvgIpc) is 2.94. The third-order valence-electron chi connectivity index (χ3n) is 4.32. The Balaban J connectivity index is 2.11. The number of nitrogens with zero attached hydrogens (tertiary/aromatic N) is 1. The number of hydrogen-bond donors (Lipinski definition) is 1. The van der Waals surface area contributed by atoms with Crippen molar-refractivity contribution < 1.29 is 0 Å². The van der Waals surface area contributed by atoms with Gasteiger partial charge in [-0.1, -0.05) is 40.9 Å². The van der Waals surface area contributed by atoms with Crippen molar-refractivity contribution in [2.45, 2.75) is 32.2 Å². The molecule has 1 saturated carbocycles. The average molecular weight is 337 g/mol. The zero-order valence-corrected chi connectivity index (χ0v) is 12.8. The Bertz CT molecular complexity index is 741. The summed E-state index contributed by atoms with van der Waals surface area (Å²) in [7, 11) is 0. The van der Waals surface area contributed by atoms with Gasteiger partial charge < -0.3 is 0 Å². The van der Waals surface area contributed by atoms with Crippen LogP contribution in [-0.4, -0.2) is 15.1 Å². The van der Waals surface area contributed by atoms with Gasteiger partial charge in [0.05, 0.1) is 10.8 Å². The van der Waals surface area contributed by atoms with E-state index in [-0.39, 0.29) is 16.5 Å². The number of fused-ring (bicyclic) bond motifs is 1. The molecular weight excluding hydrogens is 320 g/mol. The van der Waals surface area contributed by atoms with Crippen molar-refractivity contribution in [1.29, 1.82) is 0 Å². The molecule has 0 bridgehead atoms. The van der Waals surface area contributed by atoms with Crippen LogP contribution in [0.25, 0.3) is 10.8 Å². The molecule has 1 aliphatic carbocycles. The molecule has 20 heavy (non-hydrogen) atoms. The summed E-state index contributed by atoms with van der Waals surface area (Å²) in [6, 6.07) is 6.98. The SMILES string of the molecule is O=c1[nH]n(CC2(CBr)CCCC2)c(=O)c2ccccc12. The number of aromatic nitrogens is 2. The van der Waals surface area contributed by atoms with Crippen LogP contribution < -0.4 is 11.1 Å². The van der Waals surface area contributed by atoms with Crippen LogP contribution in [0, 0.1) is 5.41 Å². The van der Waals surface area contributed by atoms with Gasteiger partial charge in [0, 0.05) is 11.9 Å². The fourth-order valence-electron chi connectivity index (χ4n) is 3.15. The third kappa shape index (κ3) is 2.24. The van der Waals surface area contributed by atoms with Crippen LogP contribution in [0.3, 0.4) is 0 Å². The van der Waals surface area contributed by atoms with E-state index in [2.05, 4.69) is 21.0 Å². The lowest BCUT2D eigenvalue weighted by atomic mass is 9.89. The minimum absolute atomic E-state index is 0.0925. The van der Waals surface area contributed by atoms with Crippen LogP contribution >= 0.6 is 15.9 Å². The van der Waals surface area contributed by atoms with Gasteiger partial charge in [-0.25, -0.2) is 4.68 Å². The van der Waals surface area contributed by atoms with E-state index in [1.807, 2.05) is 0 Å². The summed E-state index contributed by atoms with van der Waals surface area (Å²) in [5.74, 6) is 0. The van der Waals surface area contributed by atoms with Gasteiger partial charge in [0.1, 0.15) is 0 Å². The van der Waals surface area contributed by atoms with E-state index in [4.69, 9.17) is 0 Å². The van der Waals surface area contributed by atoms with E-state index < -0.39 is 0 Å². The van der Waals surface area contributed by atoms with Crippen molar-refractivity contribution in [3.63, 3.8) is 0 Å². The van der Waals surface area contributed by atoms with Crippen molar-refractivity contribution in [3.8, 4) is 0 Å². The zero-order chi connectivity index (χ0) is 14.2. The van der Waals surface area contributed by atoms with E-state index in [1.54, 1.807) is 24.3 Å². The summed E-state index contributed by atoms with van der Waals surface area (Å²) >= 11 is 3.58. The summed E-state index contributed by atoms with van der Waals surface area (Å²) in [5.41, 5.74) is -0.203. The lowest BCUT2D eigenvalue weighted by Gasteiger charge is -2.27. The van der Waals surface area contributed by atoms with E-state index in [1.165, 1.54) is 17.5 Å². The Morgan fingerprint density at radius 1 is 1.15 bits per heavy atom. The van der Waals surface area contributed by atoms with E-state index >= 15 is 0 Å². The summed E-state index contributed by atoms with van der Waals surface area (Å²) < 4.78 is 1.50. The van der Waals surface area contributed by atoms with Gasteiger partial charge in [0.15, 0.2) is 0 Å². The van der Waals surface area contributed by atoms with Crippen LogP contribution in [0.5, 0.6) is 0 Å². The van der Waals surface area contributed by atoms with Gasteiger partial charge in [-0.15, -0.1) is 0 Å². The van der Waals surface area contributed by atoms with Crippen molar-refractivity contribution in [1.82, 2.24) is 9.78 Å². The van der Waals surface area contributed by atoms with Gasteiger partial charge in [-0.2, -0.15) is 0 Å². The van der Waals surface area contributed by atoms with Crippen molar-refractivity contribution in [2.75, 3.05) is 5.33 Å². The molecule has 0 aliphatic heterocycles. The second-order valence-corrected chi connectivity index (χ2v) is 6.28. The van der Waals surface area contributed by atoms with Crippen LogP contribution in [-0.2, 0) is 6.54 Å². The maximum Gasteiger partial charge on any atom is 0.273 e. The highest BCUT2D eigenvalue weighted by atomic mass is 79.9. The molecular formula is C15H17BrN2O2. The van der Waals surface area contributed by atoms with Crippen molar-refractivity contribution in [3.05, 3.63) is 45.0 Å². The van der Waals surface area contributed by atoms with Gasteiger partial charge in [0.25, 0.3) is 11.1 Å². The summed E-state index contributed by atoms with van der Waals surface area (Å²) in [4.78, 5) is 24.6. The van der Waals surface area contributed by atoms with Crippen LogP contribution in [0.1, 0.15) is 25.7 Å². The van der Waals surface area contributed by atoms with Crippen LogP contribution in [0.15, 0.2) is 33.9 Å². The highest BCUT2D eigenvalue weighted by molar-refractivity contribution is 9.09. The van der Waals surface area contributed by atoms with Gasteiger partial charge >= 0.3 is 0 Å². The standard InChI is InChI=1S/C15H17BrN2O2/c16-9-15(7-3-4-8-15)10-18-14(20)12-6-2-1-5-11(12)13(19)17-18/h1-2,5-6H,3-4,7-10H2,(H,17,19). The highest BCUT2D eigenvalue weighted by Gasteiger charge is 2.33. The van der Waals surface area contributed by atoms with Gasteiger partial charge in [0.2, 0.25) is 0 Å². The third-order valence-corrected chi connectivity index (χ3v) is 5.51. The van der Waals surface area contributed by atoms with Crippen molar-refractivity contribution in [2.24, 2.45) is 5.41 Å². The number of hydrogen-bond acceptors (Lipinski definition) is 2. The maximum atomic E-state index is 12.5. The van der Waals surface area contributed by atoms with Gasteiger partial charge in [-0.05, 0) is 30.4 Å². The lowest BCUT2D eigenvalue weighted by molar-refractivity contribution is 0.271. The number of H-pyrrole nitrogens is 1. The Labute approximate surface area is 124 Å². The molecule has 1 aromatic heterocycles. The fourth-order valence-corrected chi connectivity index (χ4v) is 3.89. The zero-order valence-electron chi connectivity index (χ0n) is 11.2. The predicted molar refractivity (Wildman–Crippen MR) is 83.5 cm³/mol. The van der Waals surface area contributed by atoms with Crippen molar-refractivity contribution >= 4 is 26.7 Å². The number of aromatic amines is 1. The molecule has 0 unspecified atom stereocenters. The normalized spacial score (nSPS) is 17.6. The number of benzene rings is 1. The Hall–Kier alpha value is -1.36. The first kappa shape index (κ1) is 13.6. The second kappa shape index (κ2) is 5.20. The van der Waals surface area contributed by atoms with Crippen LogP contribution in [0.4, 0.5) is 0 Å². The lowest BCUT2D eigenvalue weighted by Crippen LogP contribution is -2.36. The molecule has 1 N–H and O–H groups in total. The molecule has 2 aromatic rings. The molecule has 0 amide bonds. The Kier molecular flexibility index (Phi) is 3.54. The summed E-state index contributed by atoms with van der Waals surface area (Å²) in [6.45, 7) is 0.581. The first-order chi connectivity index (χ1) is 9.65. The van der Waals surface area contributed by atoms with E-state index in [9.17, 15) is 9.59 Å². The first-order valence-corrected chi connectivity index (χ1v) is 8.05. The van der Waals surface area contributed by atoms with Gasteiger partial charge in [-0.3, -0.25) is 14.7 Å². The van der Waals surface area contributed by atoms with E-state index in [0.717, 1.165) is 18.2 Å². The minimum Gasteiger partial charge on any atom is -0.267 e. The Morgan fingerprint density at radius 3 is 2.45 bits per heavy atom. The molecule has 0 radical (unpaired) electrons. The topological polar surface area (TPSA) is 54.9 Å². The Morgan fingerprint density at radius 2 is 1.80 bits per heavy atom. The largest absolute Gasteiger partial charge is 0.273 e. The van der Waals surface area contributed by atoms with E-state index in [0.29, 0.717) is 17.3 Å². The molecule has 1 fully saturated rings. The predicted octanol–water partition coefficient (Wildman–Crippen LogP) is 2.65. The fraction of sp³-hybridized carbons (Fsp3) is 0.467. The quantitative estimate of drug-likeness (QED) is 0.876. The molecule has 1 heterocycles. The molecule has 0 atom stereocenters. The number of rotatable bonds is 3. The molecule has 1 aromatic carbocycles. The summed E-state index contributed by atoms with van der Waals surface area (Å²) in [6.07, 6.45) is 4.58. The molecule has 106 valence electrons. The van der Waals surface area contributed by atoms with Crippen LogP contribution in [0.2, 0.25) is 0 Å². The smallest absolute Gasteiger partial charge is 0.267 e. The molecule has 5 heteroatoms. The molecule has 1 aliphatic rings. The molecule has 3 rings (SSSR count). The maximum absolute atomic E-state index is 12.5. The first-order valence-electron chi connectivity index (χ1n) is 6.93. The molecule has 0 saturated heterocycles. The minimum atomic E-state index is -0.192.